The van der Waals surface area contributed by atoms with Crippen LogP contribution < -0.4 is 5.32 Å². The Hall–Kier alpha value is -3.05. The molecule has 0 saturated heterocycles. The summed E-state index contributed by atoms with van der Waals surface area (Å²) in [5.74, 6) is -0.827. The number of nitrogens with one attached hydrogen (secondary N) is 2. The summed E-state index contributed by atoms with van der Waals surface area (Å²) in [5, 5.41) is 14.0. The summed E-state index contributed by atoms with van der Waals surface area (Å²) in [6.07, 6.45) is 3.83. The number of carboxylic acids is 1. The SMILES string of the molecule is O=C(O)C1Cc2c([nH]c3ccccc23)C(c2ccc3coccc2-3)N1. The van der Waals surface area contributed by atoms with Crippen LogP contribution in [0.2, 0.25) is 0 Å². The van der Waals surface area contributed by atoms with Crippen molar-refractivity contribution in [2.75, 3.05) is 0 Å². The third-order valence-corrected chi connectivity index (χ3v) is 5.09. The van der Waals surface area contributed by atoms with E-state index in [1.54, 1.807) is 12.5 Å². The molecule has 3 N–H and O–H groups in total. The number of carboxylic acid groups (broad SMARTS) is 1. The quantitative estimate of drug-likeness (QED) is 0.524. The molecule has 1 aromatic heterocycles. The Kier molecular flexibility index (Phi) is 2.99. The van der Waals surface area contributed by atoms with Crippen LogP contribution in [0.1, 0.15) is 22.9 Å². The van der Waals surface area contributed by atoms with Crippen molar-refractivity contribution < 1.29 is 14.3 Å². The van der Waals surface area contributed by atoms with E-state index < -0.39 is 12.0 Å². The highest BCUT2D eigenvalue weighted by atomic mass is 16.4. The van der Waals surface area contributed by atoms with Crippen molar-refractivity contribution in [1.29, 1.82) is 0 Å². The maximum absolute atomic E-state index is 11.7. The summed E-state index contributed by atoms with van der Waals surface area (Å²) in [7, 11) is 0. The fourth-order valence-corrected chi connectivity index (χ4v) is 3.93. The number of aliphatic carboxylic acids is 1. The first-order valence-electron chi connectivity index (χ1n) is 8.25. The lowest BCUT2D eigenvalue weighted by Crippen LogP contribution is -2.44. The van der Waals surface area contributed by atoms with Crippen LogP contribution in [-0.4, -0.2) is 22.1 Å². The van der Waals surface area contributed by atoms with E-state index in [9.17, 15) is 9.90 Å². The van der Waals surface area contributed by atoms with E-state index in [1.165, 1.54) is 0 Å². The number of carbonyl (C=O) groups is 1. The normalized spacial score (nSPS) is 20.0. The minimum absolute atomic E-state index is 0.197. The first kappa shape index (κ1) is 14.3. The standard InChI is InChI=1S/C20H16N2O3/c23-20(24)17-9-15-13-3-1-2-4-16(13)21-19(15)18(22-17)14-6-5-11-10-25-8-7-12(11)14/h1-8,10,17-18,21-22H,9H2,(H,23,24). The molecule has 0 radical (unpaired) electrons. The topological polar surface area (TPSA) is 78.3 Å². The zero-order valence-corrected chi connectivity index (χ0v) is 13.3. The lowest BCUT2D eigenvalue weighted by Gasteiger charge is -2.29. The van der Waals surface area contributed by atoms with E-state index in [1.807, 2.05) is 42.5 Å². The van der Waals surface area contributed by atoms with Crippen molar-refractivity contribution in [3.05, 3.63) is 71.8 Å². The number of fused-ring (bicyclic) bond motifs is 4. The van der Waals surface area contributed by atoms with Crippen LogP contribution in [0, 0.1) is 0 Å². The highest BCUT2D eigenvalue weighted by molar-refractivity contribution is 5.87. The number of aromatic amines is 1. The fourth-order valence-electron chi connectivity index (χ4n) is 3.93. The summed E-state index contributed by atoms with van der Waals surface area (Å²) < 4.78 is 5.25. The van der Waals surface area contributed by atoms with Crippen LogP contribution in [0.4, 0.5) is 0 Å². The Morgan fingerprint density at radius 2 is 2.04 bits per heavy atom. The average molecular weight is 332 g/mol. The lowest BCUT2D eigenvalue weighted by molar-refractivity contribution is -0.139. The summed E-state index contributed by atoms with van der Waals surface area (Å²) in [6, 6.07) is 13.2. The number of hydrogen-bond donors (Lipinski definition) is 3. The first-order chi connectivity index (χ1) is 12.2. The molecular formula is C20H16N2O3. The van der Waals surface area contributed by atoms with Gasteiger partial charge in [-0.25, -0.2) is 0 Å². The number of aromatic nitrogens is 1. The highest BCUT2D eigenvalue weighted by Gasteiger charge is 2.35. The number of hydrogen-bond acceptors (Lipinski definition) is 3. The number of rotatable bonds is 2. The van der Waals surface area contributed by atoms with E-state index in [0.29, 0.717) is 6.42 Å². The van der Waals surface area contributed by atoms with Crippen LogP contribution >= 0.6 is 0 Å². The predicted molar refractivity (Wildman–Crippen MR) is 93.7 cm³/mol. The fraction of sp³-hybridized carbons (Fsp3) is 0.150. The third-order valence-electron chi connectivity index (χ3n) is 5.09. The molecule has 1 aliphatic carbocycles. The van der Waals surface area contributed by atoms with Gasteiger partial charge >= 0.3 is 5.97 Å². The molecule has 2 atom stereocenters. The van der Waals surface area contributed by atoms with Gasteiger partial charge in [0.25, 0.3) is 0 Å². The van der Waals surface area contributed by atoms with E-state index in [2.05, 4.69) is 10.3 Å². The molecule has 2 aromatic rings. The van der Waals surface area contributed by atoms with E-state index in [-0.39, 0.29) is 6.04 Å². The molecule has 5 heteroatoms. The van der Waals surface area contributed by atoms with E-state index in [4.69, 9.17) is 4.42 Å². The van der Waals surface area contributed by atoms with Gasteiger partial charge in [-0.05, 0) is 28.8 Å². The lowest BCUT2D eigenvalue weighted by atomic mass is 9.89. The Bertz CT molecular complexity index is 1060. The van der Waals surface area contributed by atoms with Crippen molar-refractivity contribution in [3.8, 4) is 11.1 Å². The Labute approximate surface area is 143 Å². The van der Waals surface area contributed by atoms with Gasteiger partial charge in [0.15, 0.2) is 0 Å². The van der Waals surface area contributed by atoms with Crippen LogP contribution in [-0.2, 0) is 11.2 Å². The molecule has 124 valence electrons. The van der Waals surface area contributed by atoms with Crippen molar-refractivity contribution in [2.45, 2.75) is 18.5 Å². The molecule has 2 aliphatic heterocycles. The smallest absolute Gasteiger partial charge is 0.321 e. The largest absolute Gasteiger partial charge is 0.480 e. The molecule has 5 rings (SSSR count). The first-order valence-corrected chi connectivity index (χ1v) is 8.25. The molecule has 3 heterocycles. The third kappa shape index (κ3) is 2.09. The van der Waals surface area contributed by atoms with Crippen molar-refractivity contribution in [2.24, 2.45) is 0 Å². The van der Waals surface area contributed by atoms with Crippen molar-refractivity contribution in [3.63, 3.8) is 0 Å². The van der Waals surface area contributed by atoms with Crippen LogP contribution in [0.15, 0.2) is 59.4 Å². The van der Waals surface area contributed by atoms with Crippen molar-refractivity contribution in [1.82, 2.24) is 10.3 Å². The summed E-state index contributed by atoms with van der Waals surface area (Å²) in [5.41, 5.74) is 6.31. The van der Waals surface area contributed by atoms with E-state index in [0.717, 1.165) is 38.9 Å². The number of para-hydroxylation sites is 1. The summed E-state index contributed by atoms with van der Waals surface area (Å²) >= 11 is 0. The monoisotopic (exact) mass is 332 g/mol. The number of H-pyrrole nitrogens is 1. The van der Waals surface area contributed by atoms with Gasteiger partial charge in [0.05, 0.1) is 18.6 Å². The Morgan fingerprint density at radius 1 is 1.16 bits per heavy atom. The van der Waals surface area contributed by atoms with Gasteiger partial charge in [0.2, 0.25) is 0 Å². The maximum atomic E-state index is 11.7. The molecule has 0 fully saturated rings. The summed E-state index contributed by atoms with van der Waals surface area (Å²) in [6.45, 7) is 0. The molecule has 0 amide bonds. The second-order valence-corrected chi connectivity index (χ2v) is 6.47. The van der Waals surface area contributed by atoms with Gasteiger partial charge in [-0.1, -0.05) is 30.3 Å². The minimum Gasteiger partial charge on any atom is -0.480 e. The van der Waals surface area contributed by atoms with Gasteiger partial charge in [-0.15, -0.1) is 0 Å². The van der Waals surface area contributed by atoms with Crippen molar-refractivity contribution >= 4 is 16.9 Å². The van der Waals surface area contributed by atoms with Gasteiger partial charge in [-0.3, -0.25) is 10.1 Å². The second kappa shape index (κ2) is 5.22. The Balaban J connectivity index is 1.73. The van der Waals surface area contributed by atoms with Gasteiger partial charge in [-0.2, -0.15) is 0 Å². The molecule has 0 spiro atoms. The van der Waals surface area contributed by atoms with Crippen LogP contribution in [0.5, 0.6) is 0 Å². The average Bonchev–Trinajstić information content (AvgIpc) is 3.22. The van der Waals surface area contributed by atoms with Gasteiger partial charge < -0.3 is 14.5 Å². The molecule has 0 saturated carbocycles. The van der Waals surface area contributed by atoms with Crippen LogP contribution in [0.25, 0.3) is 22.0 Å². The predicted octanol–water partition coefficient (Wildman–Crippen LogP) is 3.55. The second-order valence-electron chi connectivity index (χ2n) is 6.47. The Morgan fingerprint density at radius 3 is 2.92 bits per heavy atom. The zero-order chi connectivity index (χ0) is 17.0. The molecule has 25 heavy (non-hydrogen) atoms. The van der Waals surface area contributed by atoms with E-state index >= 15 is 0 Å². The molecule has 1 aromatic carbocycles. The van der Waals surface area contributed by atoms with Gasteiger partial charge in [0, 0.05) is 28.6 Å². The molecule has 5 nitrogen and oxygen atoms in total. The molecule has 2 unspecified atom stereocenters. The molecule has 0 bridgehead atoms. The maximum Gasteiger partial charge on any atom is 0.321 e. The van der Waals surface area contributed by atoms with Crippen LogP contribution in [0.3, 0.4) is 0 Å². The molecular weight excluding hydrogens is 316 g/mol. The minimum atomic E-state index is -0.827. The highest BCUT2D eigenvalue weighted by Crippen LogP contribution is 2.40. The van der Waals surface area contributed by atoms with Gasteiger partial charge in [0.1, 0.15) is 6.04 Å². The number of benzene rings is 1. The molecule has 3 aliphatic rings. The summed E-state index contributed by atoms with van der Waals surface area (Å²) in [4.78, 5) is 15.2. The zero-order valence-electron chi connectivity index (χ0n) is 13.3.